The van der Waals surface area contributed by atoms with Crippen molar-refractivity contribution >= 4 is 23.6 Å². The van der Waals surface area contributed by atoms with Crippen molar-refractivity contribution in [3.63, 3.8) is 0 Å². The van der Waals surface area contributed by atoms with Crippen molar-refractivity contribution in [2.75, 3.05) is 5.32 Å². The number of allylic oxidation sites excluding steroid dienone is 2. The van der Waals surface area contributed by atoms with Gasteiger partial charge in [0, 0.05) is 18.2 Å². The Balaban J connectivity index is 2.14. The van der Waals surface area contributed by atoms with Gasteiger partial charge in [0.1, 0.15) is 5.82 Å². The highest BCUT2D eigenvalue weighted by molar-refractivity contribution is 5.92. The Hall–Kier alpha value is -3.21. The molecule has 4 nitrogen and oxygen atoms in total. The highest BCUT2D eigenvalue weighted by Crippen LogP contribution is 2.21. The molecule has 0 spiro atoms. The van der Waals surface area contributed by atoms with Crippen molar-refractivity contribution in [3.05, 3.63) is 82.7 Å². The Labute approximate surface area is 164 Å². The maximum atomic E-state index is 13.3. The first-order valence-corrected chi connectivity index (χ1v) is 9.05. The van der Waals surface area contributed by atoms with E-state index in [1.165, 1.54) is 23.8 Å². The van der Waals surface area contributed by atoms with Crippen molar-refractivity contribution in [2.45, 2.75) is 33.1 Å². The van der Waals surface area contributed by atoms with Gasteiger partial charge in [0.2, 0.25) is 5.91 Å². The quantitative estimate of drug-likeness (QED) is 0.499. The molecule has 0 heterocycles. The average molecular weight is 381 g/mol. The molecular weight excluding hydrogens is 357 g/mol. The van der Waals surface area contributed by atoms with Gasteiger partial charge in [0.05, 0.1) is 0 Å². The fourth-order valence-corrected chi connectivity index (χ4v) is 2.64. The number of hydrogen-bond acceptors (Lipinski definition) is 2. The number of halogens is 1. The van der Waals surface area contributed by atoms with Gasteiger partial charge in [0.25, 0.3) is 0 Å². The topological polar surface area (TPSA) is 66.4 Å². The lowest BCUT2D eigenvalue weighted by molar-refractivity contribution is -0.131. The van der Waals surface area contributed by atoms with E-state index in [4.69, 9.17) is 5.11 Å². The average Bonchev–Trinajstić information content (AvgIpc) is 2.64. The summed E-state index contributed by atoms with van der Waals surface area (Å²) in [5, 5.41) is 11.7. The van der Waals surface area contributed by atoms with Crippen molar-refractivity contribution in [2.24, 2.45) is 0 Å². The summed E-state index contributed by atoms with van der Waals surface area (Å²) in [5.41, 5.74) is 4.20. The predicted molar refractivity (Wildman–Crippen MR) is 110 cm³/mol. The Morgan fingerprint density at radius 3 is 2.61 bits per heavy atom. The van der Waals surface area contributed by atoms with Gasteiger partial charge in [-0.3, -0.25) is 4.79 Å². The number of amides is 1. The van der Waals surface area contributed by atoms with Crippen LogP contribution in [0, 0.1) is 5.82 Å². The molecule has 0 aliphatic rings. The monoisotopic (exact) mass is 381 g/mol. The molecule has 2 rings (SSSR count). The summed E-state index contributed by atoms with van der Waals surface area (Å²) in [7, 11) is 0. The molecule has 0 bridgehead atoms. The molecule has 0 radical (unpaired) electrons. The molecule has 0 saturated carbocycles. The first-order chi connectivity index (χ1) is 13.3. The van der Waals surface area contributed by atoms with Crippen LogP contribution < -0.4 is 5.32 Å². The number of anilines is 1. The largest absolute Gasteiger partial charge is 0.478 e. The third-order valence-corrected chi connectivity index (χ3v) is 4.09. The number of aliphatic carboxylic acids is 1. The molecule has 0 aliphatic carbocycles. The van der Waals surface area contributed by atoms with Gasteiger partial charge in [-0.1, -0.05) is 35.9 Å². The number of aryl methyl sites for hydroxylation is 1. The van der Waals surface area contributed by atoms with Gasteiger partial charge in [-0.2, -0.15) is 0 Å². The fourth-order valence-electron chi connectivity index (χ4n) is 2.64. The number of carboxylic acids is 1. The summed E-state index contributed by atoms with van der Waals surface area (Å²) in [6.07, 6.45) is 5.91. The highest BCUT2D eigenvalue weighted by atomic mass is 19.1. The van der Waals surface area contributed by atoms with E-state index in [1.54, 1.807) is 18.2 Å². The second kappa shape index (κ2) is 10.2. The molecule has 5 heteroatoms. The van der Waals surface area contributed by atoms with Crippen molar-refractivity contribution in [1.82, 2.24) is 0 Å². The molecular formula is C23H24FNO3. The number of carboxylic acid groups (broad SMARTS) is 1. The second-order valence-electron chi connectivity index (χ2n) is 6.75. The van der Waals surface area contributed by atoms with Crippen LogP contribution in [-0.2, 0) is 22.4 Å². The summed E-state index contributed by atoms with van der Waals surface area (Å²) in [6.45, 7) is 4.00. The van der Waals surface area contributed by atoms with Gasteiger partial charge >= 0.3 is 5.97 Å². The molecule has 2 aromatic rings. The van der Waals surface area contributed by atoms with Gasteiger partial charge in [0.15, 0.2) is 0 Å². The van der Waals surface area contributed by atoms with E-state index >= 15 is 0 Å². The number of rotatable bonds is 8. The maximum absolute atomic E-state index is 13.3. The standard InChI is InChI=1S/C23H24FNO3/c1-16(2)6-10-19-11-7-18(9-13-23(27)28)15-21(19)25-22(26)12-8-17-4-3-5-20(24)14-17/h3-7,9,11,13-15H,8,10,12H2,1-2H3,(H,25,26)(H,27,28)/b13-9+. The molecule has 2 aromatic carbocycles. The lowest BCUT2D eigenvalue weighted by Gasteiger charge is -2.12. The molecule has 0 saturated heterocycles. The molecule has 146 valence electrons. The predicted octanol–water partition coefficient (Wildman–Crippen LogP) is 5.00. The molecule has 0 aliphatic heterocycles. The van der Waals surface area contributed by atoms with Crippen LogP contribution in [0.2, 0.25) is 0 Å². The number of nitrogens with one attached hydrogen (secondary N) is 1. The van der Waals surface area contributed by atoms with Crippen LogP contribution >= 0.6 is 0 Å². The van der Waals surface area contributed by atoms with Crippen LogP contribution in [0.15, 0.2) is 60.2 Å². The lowest BCUT2D eigenvalue weighted by Crippen LogP contribution is -2.14. The smallest absolute Gasteiger partial charge is 0.328 e. The molecule has 0 unspecified atom stereocenters. The van der Waals surface area contributed by atoms with E-state index in [-0.39, 0.29) is 18.1 Å². The first-order valence-electron chi connectivity index (χ1n) is 9.05. The third-order valence-electron chi connectivity index (χ3n) is 4.09. The van der Waals surface area contributed by atoms with Crippen LogP contribution in [0.25, 0.3) is 6.08 Å². The summed E-state index contributed by atoms with van der Waals surface area (Å²) >= 11 is 0. The van der Waals surface area contributed by atoms with Crippen molar-refractivity contribution < 1.29 is 19.1 Å². The summed E-state index contributed by atoms with van der Waals surface area (Å²) < 4.78 is 13.3. The fraction of sp³-hybridized carbons (Fsp3) is 0.217. The van der Waals surface area contributed by atoms with Crippen LogP contribution in [0.3, 0.4) is 0 Å². The minimum atomic E-state index is -1.03. The molecule has 28 heavy (non-hydrogen) atoms. The zero-order valence-electron chi connectivity index (χ0n) is 16.0. The number of benzene rings is 2. The first kappa shape index (κ1) is 21.1. The van der Waals surface area contributed by atoms with Gasteiger partial charge in [-0.25, -0.2) is 9.18 Å². The normalized spacial score (nSPS) is 10.7. The number of carbonyl (C=O) groups excluding carboxylic acids is 1. The number of carbonyl (C=O) groups is 2. The molecule has 1 amide bonds. The molecule has 0 fully saturated rings. The Bertz CT molecular complexity index is 912. The summed E-state index contributed by atoms with van der Waals surface area (Å²) in [5.74, 6) is -1.53. The Morgan fingerprint density at radius 2 is 1.93 bits per heavy atom. The van der Waals surface area contributed by atoms with E-state index < -0.39 is 5.97 Å². The van der Waals surface area contributed by atoms with E-state index in [2.05, 4.69) is 11.4 Å². The minimum absolute atomic E-state index is 0.179. The minimum Gasteiger partial charge on any atom is -0.478 e. The van der Waals surface area contributed by atoms with Gasteiger partial charge < -0.3 is 10.4 Å². The zero-order valence-corrected chi connectivity index (χ0v) is 16.0. The van der Waals surface area contributed by atoms with Crippen LogP contribution in [0.5, 0.6) is 0 Å². The van der Waals surface area contributed by atoms with E-state index in [0.29, 0.717) is 24.1 Å². The Morgan fingerprint density at radius 1 is 1.14 bits per heavy atom. The molecule has 0 atom stereocenters. The van der Waals surface area contributed by atoms with Gasteiger partial charge in [-0.05, 0) is 67.7 Å². The second-order valence-corrected chi connectivity index (χ2v) is 6.75. The van der Waals surface area contributed by atoms with E-state index in [0.717, 1.165) is 17.2 Å². The maximum Gasteiger partial charge on any atom is 0.328 e. The van der Waals surface area contributed by atoms with Crippen molar-refractivity contribution in [3.8, 4) is 0 Å². The van der Waals surface area contributed by atoms with Crippen LogP contribution in [-0.4, -0.2) is 17.0 Å². The van der Waals surface area contributed by atoms with Gasteiger partial charge in [-0.15, -0.1) is 0 Å². The number of hydrogen-bond donors (Lipinski definition) is 2. The molecule has 0 aromatic heterocycles. The van der Waals surface area contributed by atoms with E-state index in [9.17, 15) is 14.0 Å². The van der Waals surface area contributed by atoms with E-state index in [1.807, 2.05) is 26.0 Å². The zero-order chi connectivity index (χ0) is 20.5. The highest BCUT2D eigenvalue weighted by Gasteiger charge is 2.08. The summed E-state index contributed by atoms with van der Waals surface area (Å²) in [4.78, 5) is 23.1. The van der Waals surface area contributed by atoms with Crippen molar-refractivity contribution in [1.29, 1.82) is 0 Å². The summed E-state index contributed by atoms with van der Waals surface area (Å²) in [6, 6.07) is 11.7. The SMILES string of the molecule is CC(C)=CCc1ccc(/C=C/C(=O)O)cc1NC(=O)CCc1cccc(F)c1. The molecule has 2 N–H and O–H groups in total. The van der Waals surface area contributed by atoms with Crippen LogP contribution in [0.4, 0.5) is 10.1 Å². The lowest BCUT2D eigenvalue weighted by atomic mass is 10.0. The van der Waals surface area contributed by atoms with Crippen LogP contribution in [0.1, 0.15) is 37.0 Å². The third kappa shape index (κ3) is 7.19. The Kier molecular flexibility index (Phi) is 7.69.